The van der Waals surface area contributed by atoms with Gasteiger partial charge < -0.3 is 10.2 Å². The standard InChI is InChI=1S/C15H23N7O6S/c23-14(13-2-1-12-6-21(13)15(24)22(12)28-29(25)26)19-27-7-11-3-10(4-17-11)5-20-9-16-8-18-20/h8-13,17H,1-7H2,(H,19,23)(H,25,26)/t10-,11+,12?,13?/m0/s1. The van der Waals surface area contributed by atoms with Crippen LogP contribution in [0.4, 0.5) is 4.79 Å². The molecule has 14 heteroatoms. The van der Waals surface area contributed by atoms with E-state index in [0.29, 0.717) is 25.4 Å². The number of carbonyl (C=O) groups is 2. The number of carbonyl (C=O) groups excluding carboxylic acids is 2. The van der Waals surface area contributed by atoms with Crippen molar-refractivity contribution in [3.63, 3.8) is 0 Å². The Morgan fingerprint density at radius 2 is 2.31 bits per heavy atom. The topological polar surface area (TPSA) is 151 Å². The molecule has 0 aromatic carbocycles. The predicted molar refractivity (Wildman–Crippen MR) is 96.6 cm³/mol. The predicted octanol–water partition coefficient (Wildman–Crippen LogP) is -1.36. The number of nitrogens with zero attached hydrogens (tertiary/aromatic N) is 5. The van der Waals surface area contributed by atoms with Crippen molar-refractivity contribution in [2.24, 2.45) is 5.92 Å². The van der Waals surface area contributed by atoms with Gasteiger partial charge in [0.25, 0.3) is 5.91 Å². The first-order chi connectivity index (χ1) is 14.0. The van der Waals surface area contributed by atoms with Crippen LogP contribution in [0.2, 0.25) is 0 Å². The first kappa shape index (κ1) is 20.2. The van der Waals surface area contributed by atoms with Crippen LogP contribution < -0.4 is 10.8 Å². The Morgan fingerprint density at radius 3 is 3.07 bits per heavy atom. The minimum Gasteiger partial charge on any atom is -0.311 e. The summed E-state index contributed by atoms with van der Waals surface area (Å²) in [5, 5.41) is 8.33. The first-order valence-electron chi connectivity index (χ1n) is 9.38. The van der Waals surface area contributed by atoms with Crippen LogP contribution >= 0.6 is 0 Å². The Bertz CT molecular complexity index is 764. The summed E-state index contributed by atoms with van der Waals surface area (Å²) in [5.41, 5.74) is 2.43. The molecular formula is C15H23N7O6S. The molecule has 1 aromatic rings. The zero-order chi connectivity index (χ0) is 20.4. The van der Waals surface area contributed by atoms with Crippen LogP contribution in [-0.2, 0) is 31.8 Å². The van der Waals surface area contributed by atoms with E-state index in [2.05, 4.69) is 25.2 Å². The number of rotatable bonds is 8. The highest BCUT2D eigenvalue weighted by Crippen LogP contribution is 2.30. The molecule has 3 aliphatic heterocycles. The lowest BCUT2D eigenvalue weighted by molar-refractivity contribution is -0.139. The number of hydrogen-bond acceptors (Lipinski definition) is 8. The van der Waals surface area contributed by atoms with Crippen molar-refractivity contribution in [3.05, 3.63) is 12.7 Å². The lowest BCUT2D eigenvalue weighted by atomic mass is 10.0. The molecular weight excluding hydrogens is 406 g/mol. The fraction of sp³-hybridized carbons (Fsp3) is 0.733. The quantitative estimate of drug-likeness (QED) is 0.336. The van der Waals surface area contributed by atoms with Gasteiger partial charge in [-0.05, 0) is 25.2 Å². The van der Waals surface area contributed by atoms with Crippen molar-refractivity contribution in [2.45, 2.75) is 43.9 Å². The fourth-order valence-corrected chi connectivity index (χ4v) is 4.44. The molecule has 0 aliphatic carbocycles. The molecule has 2 bridgehead atoms. The summed E-state index contributed by atoms with van der Waals surface area (Å²) < 4.78 is 26.1. The molecule has 3 unspecified atom stereocenters. The number of nitrogens with one attached hydrogen (secondary N) is 2. The molecule has 3 fully saturated rings. The lowest BCUT2D eigenvalue weighted by Crippen LogP contribution is -2.50. The molecule has 3 N–H and O–H groups in total. The molecule has 0 radical (unpaired) electrons. The monoisotopic (exact) mass is 429 g/mol. The van der Waals surface area contributed by atoms with Crippen LogP contribution in [0.25, 0.3) is 0 Å². The number of aromatic nitrogens is 3. The average Bonchev–Trinajstić information content (AvgIpc) is 3.41. The van der Waals surface area contributed by atoms with Crippen molar-refractivity contribution < 1.29 is 27.5 Å². The zero-order valence-corrected chi connectivity index (χ0v) is 16.4. The van der Waals surface area contributed by atoms with Crippen LogP contribution in [0.15, 0.2) is 12.7 Å². The molecule has 0 saturated carbocycles. The second kappa shape index (κ2) is 8.71. The van der Waals surface area contributed by atoms with E-state index >= 15 is 0 Å². The van der Waals surface area contributed by atoms with Crippen LogP contribution in [0, 0.1) is 5.92 Å². The number of fused-ring (bicyclic) bond motifs is 2. The molecule has 4 rings (SSSR count). The maximum Gasteiger partial charge on any atom is 0.346 e. The Kier molecular flexibility index (Phi) is 6.05. The highest BCUT2D eigenvalue weighted by Gasteiger charge is 2.48. The number of amides is 3. The third kappa shape index (κ3) is 4.56. The van der Waals surface area contributed by atoms with Gasteiger partial charge >= 0.3 is 17.4 Å². The number of urea groups is 1. The van der Waals surface area contributed by atoms with Crippen molar-refractivity contribution >= 4 is 23.3 Å². The third-order valence-corrected chi connectivity index (χ3v) is 5.74. The normalized spacial score (nSPS) is 30.0. The van der Waals surface area contributed by atoms with Crippen LogP contribution in [0.1, 0.15) is 19.3 Å². The maximum absolute atomic E-state index is 12.5. The summed E-state index contributed by atoms with van der Waals surface area (Å²) in [6.07, 6.45) is 4.99. The van der Waals surface area contributed by atoms with E-state index in [4.69, 9.17) is 9.39 Å². The van der Waals surface area contributed by atoms with Gasteiger partial charge in [0.05, 0.1) is 12.6 Å². The van der Waals surface area contributed by atoms with Gasteiger partial charge in [0.1, 0.15) is 18.7 Å². The van der Waals surface area contributed by atoms with Crippen molar-refractivity contribution in [3.8, 4) is 0 Å². The Labute approximate surface area is 169 Å². The summed E-state index contributed by atoms with van der Waals surface area (Å²) >= 11 is -2.59. The molecule has 5 atom stereocenters. The third-order valence-electron chi connectivity index (χ3n) is 5.45. The summed E-state index contributed by atoms with van der Waals surface area (Å²) in [6.45, 7) is 2.17. The SMILES string of the molecule is O=C(NOC[C@H]1C[C@H](Cn2cncn2)CN1)C1CCC2CN1C(=O)N2OS(=O)O. The van der Waals surface area contributed by atoms with E-state index in [0.717, 1.165) is 24.6 Å². The Morgan fingerprint density at radius 1 is 1.45 bits per heavy atom. The smallest absolute Gasteiger partial charge is 0.311 e. The Hall–Kier alpha value is -2.13. The van der Waals surface area contributed by atoms with Crippen LogP contribution in [0.5, 0.6) is 0 Å². The molecule has 3 amide bonds. The molecule has 29 heavy (non-hydrogen) atoms. The average molecular weight is 429 g/mol. The first-order valence-corrected chi connectivity index (χ1v) is 10.4. The molecule has 3 saturated heterocycles. The molecule has 160 valence electrons. The number of piperidine rings is 1. The van der Waals surface area contributed by atoms with Gasteiger partial charge in [-0.3, -0.25) is 18.9 Å². The Balaban J connectivity index is 1.20. The van der Waals surface area contributed by atoms with Crippen molar-refractivity contribution in [2.75, 3.05) is 19.7 Å². The maximum atomic E-state index is 12.5. The molecule has 1 aromatic heterocycles. The summed E-state index contributed by atoms with van der Waals surface area (Å²) in [7, 11) is 0. The van der Waals surface area contributed by atoms with Gasteiger partial charge in [-0.2, -0.15) is 14.4 Å². The summed E-state index contributed by atoms with van der Waals surface area (Å²) in [5.74, 6) is -0.0116. The van der Waals surface area contributed by atoms with Crippen molar-refractivity contribution in [1.82, 2.24) is 35.5 Å². The summed E-state index contributed by atoms with van der Waals surface area (Å²) in [4.78, 5) is 35.4. The van der Waals surface area contributed by atoms with Gasteiger partial charge in [0.15, 0.2) is 0 Å². The molecule has 13 nitrogen and oxygen atoms in total. The molecule has 0 spiro atoms. The van der Waals surface area contributed by atoms with Gasteiger partial charge in [0.2, 0.25) is 0 Å². The van der Waals surface area contributed by atoms with Gasteiger partial charge in [-0.15, -0.1) is 4.28 Å². The number of hydroxylamine groups is 3. The van der Waals surface area contributed by atoms with Gasteiger partial charge in [0, 0.05) is 25.7 Å². The zero-order valence-electron chi connectivity index (χ0n) is 15.5. The lowest BCUT2D eigenvalue weighted by Gasteiger charge is -2.29. The highest BCUT2D eigenvalue weighted by atomic mass is 32.2. The van der Waals surface area contributed by atoms with E-state index < -0.39 is 29.3 Å². The minimum absolute atomic E-state index is 0.108. The van der Waals surface area contributed by atoms with Gasteiger partial charge in [-0.1, -0.05) is 0 Å². The fourth-order valence-electron chi connectivity index (χ4n) is 4.11. The second-order valence-corrected chi connectivity index (χ2v) is 7.98. The molecule has 3 aliphatic rings. The largest absolute Gasteiger partial charge is 0.346 e. The van der Waals surface area contributed by atoms with Crippen molar-refractivity contribution in [1.29, 1.82) is 0 Å². The molecule has 4 heterocycles. The summed E-state index contributed by atoms with van der Waals surface area (Å²) in [6, 6.07) is -1.52. The van der Waals surface area contributed by atoms with E-state index in [1.807, 2.05) is 0 Å². The van der Waals surface area contributed by atoms with E-state index in [-0.39, 0.29) is 18.6 Å². The van der Waals surface area contributed by atoms with E-state index in [9.17, 15) is 13.8 Å². The second-order valence-electron chi connectivity index (χ2n) is 7.40. The van der Waals surface area contributed by atoms with E-state index in [1.165, 1.54) is 11.2 Å². The van der Waals surface area contributed by atoms with Crippen LogP contribution in [0.3, 0.4) is 0 Å². The highest BCUT2D eigenvalue weighted by molar-refractivity contribution is 7.74. The van der Waals surface area contributed by atoms with Crippen LogP contribution in [-0.4, -0.2) is 83.2 Å². The van der Waals surface area contributed by atoms with Gasteiger partial charge in [-0.25, -0.2) is 15.3 Å². The van der Waals surface area contributed by atoms with E-state index in [1.54, 1.807) is 11.0 Å². The number of hydrogen-bond donors (Lipinski definition) is 3. The minimum atomic E-state index is -2.59.